The largest absolute Gasteiger partial charge is 0.378 e. The molecular formula is C16H20N2O2S. The number of thiazole rings is 1. The molecule has 21 heavy (non-hydrogen) atoms. The Hall–Kier alpha value is -1.72. The first kappa shape index (κ1) is 15.7. The van der Waals surface area contributed by atoms with Crippen molar-refractivity contribution in [1.82, 2.24) is 4.98 Å². The first-order valence-corrected chi connectivity index (χ1v) is 7.84. The molecular weight excluding hydrogens is 284 g/mol. The summed E-state index contributed by atoms with van der Waals surface area (Å²) in [5, 5.41) is 3.71. The van der Waals surface area contributed by atoms with Gasteiger partial charge in [0.25, 0.3) is 0 Å². The molecule has 0 bridgehead atoms. The molecule has 1 N–H and O–H groups in total. The molecule has 1 heterocycles. The van der Waals surface area contributed by atoms with Crippen molar-refractivity contribution in [2.75, 3.05) is 12.4 Å². The molecule has 0 atom stereocenters. The Morgan fingerprint density at radius 2 is 2.29 bits per heavy atom. The number of carbonyl (C=O) groups excluding carboxylic acids is 1. The van der Waals surface area contributed by atoms with Crippen molar-refractivity contribution in [2.45, 2.75) is 32.8 Å². The maximum Gasteiger partial charge on any atom is 0.211 e. The van der Waals surface area contributed by atoms with Crippen LogP contribution in [0.15, 0.2) is 24.3 Å². The van der Waals surface area contributed by atoms with Gasteiger partial charge in [0.15, 0.2) is 0 Å². The third-order valence-corrected chi connectivity index (χ3v) is 4.17. The SMILES string of the molecule is CCCc1nc(COC)sc1Cc1cccc(NC=O)c1. The van der Waals surface area contributed by atoms with Gasteiger partial charge in [-0.2, -0.15) is 0 Å². The molecule has 1 aromatic carbocycles. The Balaban J connectivity index is 2.20. The first-order chi connectivity index (χ1) is 10.3. The summed E-state index contributed by atoms with van der Waals surface area (Å²) in [7, 11) is 1.69. The molecule has 0 aliphatic heterocycles. The van der Waals surface area contributed by atoms with Gasteiger partial charge in [-0.3, -0.25) is 4.79 Å². The van der Waals surface area contributed by atoms with Crippen LogP contribution < -0.4 is 5.32 Å². The number of rotatable bonds is 8. The summed E-state index contributed by atoms with van der Waals surface area (Å²) in [4.78, 5) is 16.5. The molecule has 0 radical (unpaired) electrons. The zero-order valence-electron chi connectivity index (χ0n) is 12.4. The van der Waals surface area contributed by atoms with Crippen molar-refractivity contribution in [3.63, 3.8) is 0 Å². The van der Waals surface area contributed by atoms with Crippen molar-refractivity contribution >= 4 is 23.4 Å². The normalized spacial score (nSPS) is 10.6. The lowest BCUT2D eigenvalue weighted by atomic mass is 10.1. The summed E-state index contributed by atoms with van der Waals surface area (Å²) in [6.45, 7) is 2.72. The van der Waals surface area contributed by atoms with Crippen LogP contribution in [0, 0.1) is 0 Å². The number of nitrogens with one attached hydrogen (secondary N) is 1. The lowest BCUT2D eigenvalue weighted by Crippen LogP contribution is -1.96. The number of hydrogen-bond donors (Lipinski definition) is 1. The Morgan fingerprint density at radius 1 is 1.43 bits per heavy atom. The van der Waals surface area contributed by atoms with Crippen LogP contribution in [0.3, 0.4) is 0 Å². The lowest BCUT2D eigenvalue weighted by molar-refractivity contribution is -0.105. The summed E-state index contributed by atoms with van der Waals surface area (Å²) in [6, 6.07) is 7.91. The number of amides is 1. The molecule has 0 spiro atoms. The van der Waals surface area contributed by atoms with Crippen molar-refractivity contribution < 1.29 is 9.53 Å². The van der Waals surface area contributed by atoms with Gasteiger partial charge in [-0.25, -0.2) is 4.98 Å². The second kappa shape index (κ2) is 7.90. The zero-order valence-corrected chi connectivity index (χ0v) is 13.2. The smallest absolute Gasteiger partial charge is 0.211 e. The van der Waals surface area contributed by atoms with Crippen molar-refractivity contribution in [3.05, 3.63) is 45.4 Å². The molecule has 112 valence electrons. The highest BCUT2D eigenvalue weighted by Crippen LogP contribution is 2.24. The Kier molecular flexibility index (Phi) is 5.90. The minimum Gasteiger partial charge on any atom is -0.378 e. The Morgan fingerprint density at radius 3 is 3.00 bits per heavy atom. The predicted octanol–water partition coefficient (Wildman–Crippen LogP) is 3.40. The van der Waals surface area contributed by atoms with Gasteiger partial charge in [0.05, 0.1) is 12.3 Å². The highest BCUT2D eigenvalue weighted by molar-refractivity contribution is 7.11. The Labute approximate surface area is 129 Å². The van der Waals surface area contributed by atoms with E-state index in [2.05, 4.69) is 23.3 Å². The summed E-state index contributed by atoms with van der Waals surface area (Å²) in [6.07, 6.45) is 3.60. The van der Waals surface area contributed by atoms with Crippen molar-refractivity contribution in [2.24, 2.45) is 0 Å². The fourth-order valence-electron chi connectivity index (χ4n) is 2.22. The number of ether oxygens (including phenoxy) is 1. The molecule has 0 aliphatic rings. The number of carbonyl (C=O) groups is 1. The monoisotopic (exact) mass is 304 g/mol. The van der Waals surface area contributed by atoms with Gasteiger partial charge in [0.1, 0.15) is 5.01 Å². The summed E-state index contributed by atoms with van der Waals surface area (Å²) < 4.78 is 5.17. The molecule has 1 amide bonds. The van der Waals surface area contributed by atoms with E-state index in [0.29, 0.717) is 13.0 Å². The standard InChI is InChI=1S/C16H20N2O2S/c1-3-5-14-15(21-16(18-14)10-20-2)9-12-6-4-7-13(8-12)17-11-19/h4,6-8,11H,3,5,9-10H2,1-2H3,(H,17,19). The van der Waals surface area contributed by atoms with Crippen LogP contribution in [0.2, 0.25) is 0 Å². The van der Waals surface area contributed by atoms with Gasteiger partial charge in [-0.1, -0.05) is 25.5 Å². The van der Waals surface area contributed by atoms with E-state index < -0.39 is 0 Å². The minimum atomic E-state index is 0.564. The lowest BCUT2D eigenvalue weighted by Gasteiger charge is -2.04. The molecule has 0 saturated heterocycles. The van der Waals surface area contributed by atoms with Crippen LogP contribution in [0.25, 0.3) is 0 Å². The van der Waals surface area contributed by atoms with Crippen molar-refractivity contribution in [3.8, 4) is 0 Å². The number of aryl methyl sites for hydroxylation is 1. The summed E-state index contributed by atoms with van der Waals surface area (Å²) >= 11 is 1.71. The van der Waals surface area contributed by atoms with Crippen LogP contribution >= 0.6 is 11.3 Å². The molecule has 0 unspecified atom stereocenters. The average Bonchev–Trinajstić information content (AvgIpc) is 2.82. The Bertz CT molecular complexity index is 596. The van der Waals surface area contributed by atoms with Gasteiger partial charge in [0.2, 0.25) is 6.41 Å². The first-order valence-electron chi connectivity index (χ1n) is 7.02. The van der Waals surface area contributed by atoms with Crippen LogP contribution in [0.1, 0.15) is 34.5 Å². The predicted molar refractivity (Wildman–Crippen MR) is 85.8 cm³/mol. The number of anilines is 1. The van der Waals surface area contributed by atoms with E-state index in [1.54, 1.807) is 18.4 Å². The van der Waals surface area contributed by atoms with Gasteiger partial charge < -0.3 is 10.1 Å². The molecule has 1 aromatic heterocycles. The number of nitrogens with zero attached hydrogens (tertiary/aromatic N) is 1. The summed E-state index contributed by atoms with van der Waals surface area (Å²) in [5.41, 5.74) is 3.16. The van der Waals surface area contributed by atoms with Gasteiger partial charge >= 0.3 is 0 Å². The van der Waals surface area contributed by atoms with Crippen LogP contribution in [-0.4, -0.2) is 18.5 Å². The molecule has 4 nitrogen and oxygen atoms in total. The van der Waals surface area contributed by atoms with Crippen LogP contribution in [0.4, 0.5) is 5.69 Å². The average molecular weight is 304 g/mol. The molecule has 2 aromatic rings. The quantitative estimate of drug-likeness (QED) is 0.760. The van der Waals surface area contributed by atoms with E-state index in [4.69, 9.17) is 4.74 Å². The maximum absolute atomic E-state index is 10.5. The highest BCUT2D eigenvalue weighted by atomic mass is 32.1. The van der Waals surface area contributed by atoms with E-state index in [-0.39, 0.29) is 0 Å². The highest BCUT2D eigenvalue weighted by Gasteiger charge is 2.11. The summed E-state index contributed by atoms with van der Waals surface area (Å²) in [5.74, 6) is 0. The maximum atomic E-state index is 10.5. The van der Waals surface area contributed by atoms with Crippen LogP contribution in [0.5, 0.6) is 0 Å². The second-order valence-electron chi connectivity index (χ2n) is 4.80. The zero-order chi connectivity index (χ0) is 15.1. The fraction of sp³-hybridized carbons (Fsp3) is 0.375. The molecule has 5 heteroatoms. The number of benzene rings is 1. The van der Waals surface area contributed by atoms with E-state index in [1.165, 1.54) is 16.1 Å². The topological polar surface area (TPSA) is 51.2 Å². The second-order valence-corrected chi connectivity index (χ2v) is 5.97. The van der Waals surface area contributed by atoms with Gasteiger partial charge in [-0.05, 0) is 24.1 Å². The molecule has 0 saturated carbocycles. The minimum absolute atomic E-state index is 0.564. The van der Waals surface area contributed by atoms with Gasteiger partial charge in [0, 0.05) is 24.1 Å². The van der Waals surface area contributed by atoms with E-state index >= 15 is 0 Å². The number of hydrogen-bond acceptors (Lipinski definition) is 4. The van der Waals surface area contributed by atoms with Crippen LogP contribution in [-0.2, 0) is 29.0 Å². The number of methoxy groups -OCH3 is 1. The third-order valence-electron chi connectivity index (χ3n) is 3.09. The van der Waals surface area contributed by atoms with E-state index in [9.17, 15) is 4.79 Å². The molecule has 2 rings (SSSR count). The molecule has 0 fully saturated rings. The van der Waals surface area contributed by atoms with E-state index in [0.717, 1.165) is 30.0 Å². The van der Waals surface area contributed by atoms with Crippen molar-refractivity contribution in [1.29, 1.82) is 0 Å². The third kappa shape index (κ3) is 4.37. The van der Waals surface area contributed by atoms with E-state index in [1.807, 2.05) is 18.2 Å². The molecule has 0 aliphatic carbocycles. The van der Waals surface area contributed by atoms with Gasteiger partial charge in [-0.15, -0.1) is 11.3 Å². The fourth-order valence-corrected chi connectivity index (χ4v) is 3.34. The number of aromatic nitrogens is 1.